The summed E-state index contributed by atoms with van der Waals surface area (Å²) in [5.41, 5.74) is 1.42. The van der Waals surface area contributed by atoms with E-state index in [0.29, 0.717) is 18.8 Å². The fourth-order valence-corrected chi connectivity index (χ4v) is 7.38. The van der Waals surface area contributed by atoms with Crippen LogP contribution in [0.25, 0.3) is 0 Å². The molecule has 0 N–H and O–H groups in total. The smallest absolute Gasteiger partial charge is 0.264 e. The molecule has 0 bridgehead atoms. The van der Waals surface area contributed by atoms with Crippen molar-refractivity contribution in [2.45, 2.75) is 40.2 Å². The molecule has 2 aromatic carbocycles. The van der Waals surface area contributed by atoms with Crippen LogP contribution in [0, 0.1) is 0 Å². The maximum Gasteiger partial charge on any atom is 0.264 e. The summed E-state index contributed by atoms with van der Waals surface area (Å²) in [5.74, 6) is 0.851. The molecule has 2 heterocycles. The highest BCUT2D eigenvalue weighted by Crippen LogP contribution is 2.42. The molecule has 0 aromatic heterocycles. The minimum absolute atomic E-state index is 0.0633. The van der Waals surface area contributed by atoms with E-state index in [1.807, 2.05) is 37.3 Å². The highest BCUT2D eigenvalue weighted by atomic mass is 32.2. The van der Waals surface area contributed by atoms with Crippen LogP contribution in [0.5, 0.6) is 0 Å². The number of sulfonamides is 1. The summed E-state index contributed by atoms with van der Waals surface area (Å²) >= 11 is 3.36. The van der Waals surface area contributed by atoms with Crippen molar-refractivity contribution < 1.29 is 13.2 Å². The summed E-state index contributed by atoms with van der Waals surface area (Å²) in [7, 11) is -3.73. The number of carbonyl (C=O) groups excluding carboxylic acids is 1. The van der Waals surface area contributed by atoms with Gasteiger partial charge in [0.05, 0.1) is 16.3 Å². The minimum atomic E-state index is -3.73. The quantitative estimate of drug-likeness (QED) is 0.708. The van der Waals surface area contributed by atoms with E-state index in [1.165, 1.54) is 11.2 Å². The van der Waals surface area contributed by atoms with E-state index in [0.717, 1.165) is 27.7 Å². The highest BCUT2D eigenvalue weighted by molar-refractivity contribution is 8.00. The van der Waals surface area contributed by atoms with E-state index >= 15 is 0 Å². The number of para-hydroxylation sites is 1. The Morgan fingerprint density at radius 1 is 1.11 bits per heavy atom. The standard InChI is InChI=1S/C20H22N2O3S3/c1-14-13-22(17-6-3-4-7-20(17)27-14)28(24,25)16-8-9-19-18(12-16)21(15(2)23)10-5-11-26-19/h3-4,6-9,12,14H,5,10-11,13H2,1-2H3/t14-/m1/s1. The van der Waals surface area contributed by atoms with E-state index in [4.69, 9.17) is 0 Å². The molecule has 4 rings (SSSR count). The van der Waals surface area contributed by atoms with Gasteiger partial charge in [-0.3, -0.25) is 9.10 Å². The third-order valence-electron chi connectivity index (χ3n) is 4.86. The molecule has 28 heavy (non-hydrogen) atoms. The van der Waals surface area contributed by atoms with Gasteiger partial charge in [0.2, 0.25) is 5.91 Å². The summed E-state index contributed by atoms with van der Waals surface area (Å²) in [4.78, 5) is 16.0. The van der Waals surface area contributed by atoms with Gasteiger partial charge in [0.1, 0.15) is 0 Å². The lowest BCUT2D eigenvalue weighted by Crippen LogP contribution is -2.38. The third kappa shape index (κ3) is 3.53. The number of benzene rings is 2. The summed E-state index contributed by atoms with van der Waals surface area (Å²) in [6.45, 7) is 4.60. The van der Waals surface area contributed by atoms with Gasteiger partial charge >= 0.3 is 0 Å². The second kappa shape index (κ2) is 7.65. The molecule has 0 spiro atoms. The first-order chi connectivity index (χ1) is 13.4. The zero-order valence-corrected chi connectivity index (χ0v) is 18.2. The van der Waals surface area contributed by atoms with Crippen LogP contribution < -0.4 is 9.21 Å². The molecular weight excluding hydrogens is 412 g/mol. The van der Waals surface area contributed by atoms with Gasteiger partial charge in [0.25, 0.3) is 10.0 Å². The Morgan fingerprint density at radius 2 is 1.89 bits per heavy atom. The van der Waals surface area contributed by atoms with Crippen LogP contribution in [-0.2, 0) is 14.8 Å². The average molecular weight is 435 g/mol. The molecule has 0 unspecified atom stereocenters. The van der Waals surface area contributed by atoms with Crippen molar-refractivity contribution in [3.63, 3.8) is 0 Å². The molecule has 0 saturated carbocycles. The van der Waals surface area contributed by atoms with Gasteiger partial charge in [0, 0.05) is 35.1 Å². The molecule has 2 aromatic rings. The highest BCUT2D eigenvalue weighted by Gasteiger charge is 2.33. The number of rotatable bonds is 2. The summed E-state index contributed by atoms with van der Waals surface area (Å²) < 4.78 is 28.6. The van der Waals surface area contributed by atoms with E-state index in [9.17, 15) is 13.2 Å². The maximum absolute atomic E-state index is 13.6. The lowest BCUT2D eigenvalue weighted by atomic mass is 10.2. The molecular formula is C20H22N2O3S3. The van der Waals surface area contributed by atoms with Crippen molar-refractivity contribution in [3.8, 4) is 0 Å². The lowest BCUT2D eigenvalue weighted by molar-refractivity contribution is -0.116. The lowest BCUT2D eigenvalue weighted by Gasteiger charge is -2.33. The predicted octanol–water partition coefficient (Wildman–Crippen LogP) is 4.22. The average Bonchev–Trinajstić information content (AvgIpc) is 2.89. The van der Waals surface area contributed by atoms with Gasteiger partial charge in [-0.1, -0.05) is 19.1 Å². The second-order valence-electron chi connectivity index (χ2n) is 6.93. The molecule has 1 atom stereocenters. The van der Waals surface area contributed by atoms with Crippen molar-refractivity contribution in [1.82, 2.24) is 0 Å². The van der Waals surface area contributed by atoms with Crippen molar-refractivity contribution in [2.75, 3.05) is 28.0 Å². The Balaban J connectivity index is 1.80. The van der Waals surface area contributed by atoms with Crippen molar-refractivity contribution in [2.24, 2.45) is 0 Å². The Kier molecular flexibility index (Phi) is 5.37. The monoisotopic (exact) mass is 434 g/mol. The first-order valence-corrected chi connectivity index (χ1v) is 12.5. The largest absolute Gasteiger partial charge is 0.311 e. The van der Waals surface area contributed by atoms with Crippen molar-refractivity contribution in [3.05, 3.63) is 42.5 Å². The molecule has 0 radical (unpaired) electrons. The molecule has 0 aliphatic carbocycles. The van der Waals surface area contributed by atoms with Crippen LogP contribution in [0.3, 0.4) is 0 Å². The second-order valence-corrected chi connectivity index (χ2v) is 11.4. The summed E-state index contributed by atoms with van der Waals surface area (Å²) in [5, 5.41) is 0.162. The Hall–Kier alpha value is -1.64. The van der Waals surface area contributed by atoms with E-state index in [-0.39, 0.29) is 16.1 Å². The van der Waals surface area contributed by atoms with Gasteiger partial charge in [-0.05, 0) is 42.5 Å². The van der Waals surface area contributed by atoms with Gasteiger partial charge < -0.3 is 4.90 Å². The van der Waals surface area contributed by atoms with E-state index < -0.39 is 10.0 Å². The number of nitrogens with zero attached hydrogens (tertiary/aromatic N) is 2. The fourth-order valence-electron chi connectivity index (χ4n) is 3.55. The van der Waals surface area contributed by atoms with Crippen LogP contribution >= 0.6 is 23.5 Å². The first kappa shape index (κ1) is 19.7. The molecule has 0 saturated heterocycles. The van der Waals surface area contributed by atoms with Gasteiger partial charge in [0.15, 0.2) is 0 Å². The molecule has 8 heteroatoms. The van der Waals surface area contributed by atoms with Crippen LogP contribution in [0.15, 0.2) is 57.2 Å². The normalized spacial score (nSPS) is 19.6. The number of anilines is 2. The number of fused-ring (bicyclic) bond motifs is 2. The number of hydrogen-bond acceptors (Lipinski definition) is 5. The SMILES string of the molecule is CC(=O)N1CCCSc2ccc(S(=O)(=O)N3C[C@@H](C)Sc4ccccc43)cc21. The summed E-state index contributed by atoms with van der Waals surface area (Å²) in [6, 6.07) is 12.8. The van der Waals surface area contributed by atoms with Crippen LogP contribution in [0.2, 0.25) is 0 Å². The predicted molar refractivity (Wildman–Crippen MR) is 116 cm³/mol. The van der Waals surface area contributed by atoms with Crippen molar-refractivity contribution >= 4 is 50.8 Å². The van der Waals surface area contributed by atoms with E-state index in [1.54, 1.807) is 40.6 Å². The minimum Gasteiger partial charge on any atom is -0.311 e. The number of thioether (sulfide) groups is 2. The number of amides is 1. The Labute approximate surface area is 174 Å². The van der Waals surface area contributed by atoms with Crippen LogP contribution in [0.4, 0.5) is 11.4 Å². The molecule has 0 fully saturated rings. The number of hydrogen-bond donors (Lipinski definition) is 0. The van der Waals surface area contributed by atoms with Gasteiger partial charge in [-0.2, -0.15) is 0 Å². The summed E-state index contributed by atoms with van der Waals surface area (Å²) in [6.07, 6.45) is 0.884. The van der Waals surface area contributed by atoms with Gasteiger partial charge in [-0.25, -0.2) is 8.42 Å². The third-order valence-corrected chi connectivity index (χ3v) is 8.93. The molecule has 2 aliphatic heterocycles. The Morgan fingerprint density at radius 3 is 2.68 bits per heavy atom. The fraction of sp³-hybridized carbons (Fsp3) is 0.350. The Bertz CT molecular complexity index is 1020. The first-order valence-electron chi connectivity index (χ1n) is 9.21. The number of carbonyl (C=O) groups is 1. The molecule has 2 aliphatic rings. The van der Waals surface area contributed by atoms with Crippen LogP contribution in [-0.4, -0.2) is 38.4 Å². The topological polar surface area (TPSA) is 57.7 Å². The van der Waals surface area contributed by atoms with Crippen LogP contribution in [0.1, 0.15) is 20.3 Å². The van der Waals surface area contributed by atoms with E-state index in [2.05, 4.69) is 0 Å². The zero-order chi connectivity index (χ0) is 19.9. The van der Waals surface area contributed by atoms with Gasteiger partial charge in [-0.15, -0.1) is 23.5 Å². The molecule has 5 nitrogen and oxygen atoms in total. The molecule has 1 amide bonds. The van der Waals surface area contributed by atoms with Crippen molar-refractivity contribution in [1.29, 1.82) is 0 Å². The molecule has 148 valence electrons. The maximum atomic E-state index is 13.6. The zero-order valence-electron chi connectivity index (χ0n) is 15.8.